The Bertz CT molecular complexity index is 1460. The van der Waals surface area contributed by atoms with E-state index < -0.39 is 5.63 Å². The molecule has 0 saturated heterocycles. The summed E-state index contributed by atoms with van der Waals surface area (Å²) in [7, 11) is 0. The van der Waals surface area contributed by atoms with Crippen molar-refractivity contribution in [1.29, 1.82) is 0 Å². The van der Waals surface area contributed by atoms with Crippen molar-refractivity contribution in [3.8, 4) is 11.3 Å². The van der Waals surface area contributed by atoms with Gasteiger partial charge in [0.05, 0.1) is 11.3 Å². The van der Waals surface area contributed by atoms with Crippen LogP contribution in [-0.2, 0) is 0 Å². The molecule has 0 aliphatic rings. The van der Waals surface area contributed by atoms with E-state index in [0.29, 0.717) is 27.5 Å². The van der Waals surface area contributed by atoms with E-state index >= 15 is 0 Å². The number of aromatic nitrogens is 1. The van der Waals surface area contributed by atoms with Gasteiger partial charge in [-0.1, -0.05) is 48.5 Å². The van der Waals surface area contributed by atoms with Gasteiger partial charge in [0, 0.05) is 16.3 Å². The standard InChI is InChI=1S/C23H15N3O3S/c27-21(17-10-9-14-5-1-2-6-15(14)11-17)25-26-23-24-19(13-30-23)18-12-16-7-3-4-8-20(16)29-22(18)28/h1-13H,(H,24,26)(H,25,27). The number of rotatable bonds is 4. The summed E-state index contributed by atoms with van der Waals surface area (Å²) in [5, 5.41) is 5.09. The quantitative estimate of drug-likeness (QED) is 0.326. The molecule has 0 bridgehead atoms. The van der Waals surface area contributed by atoms with Gasteiger partial charge in [0.1, 0.15) is 5.58 Å². The van der Waals surface area contributed by atoms with E-state index in [1.807, 2.05) is 54.6 Å². The Labute approximate surface area is 174 Å². The second kappa shape index (κ2) is 7.46. The largest absolute Gasteiger partial charge is 0.422 e. The molecule has 5 rings (SSSR count). The Kier molecular flexibility index (Phi) is 4.49. The smallest absolute Gasteiger partial charge is 0.345 e. The molecule has 0 unspecified atom stereocenters. The fourth-order valence-corrected chi connectivity index (χ4v) is 3.87. The van der Waals surface area contributed by atoms with E-state index in [-0.39, 0.29) is 5.91 Å². The summed E-state index contributed by atoms with van der Waals surface area (Å²) in [5.74, 6) is -0.275. The normalized spacial score (nSPS) is 10.9. The van der Waals surface area contributed by atoms with Crippen LogP contribution in [0.5, 0.6) is 0 Å². The Morgan fingerprint density at radius 1 is 0.900 bits per heavy atom. The first-order chi connectivity index (χ1) is 14.7. The lowest BCUT2D eigenvalue weighted by molar-refractivity contribution is 0.0963. The van der Waals surface area contributed by atoms with E-state index in [4.69, 9.17) is 4.42 Å². The molecule has 3 aromatic carbocycles. The molecule has 5 aromatic rings. The topological polar surface area (TPSA) is 84.2 Å². The maximum atomic E-state index is 12.5. The molecule has 0 radical (unpaired) electrons. The van der Waals surface area contributed by atoms with Crippen LogP contribution in [0.15, 0.2) is 87.4 Å². The highest BCUT2D eigenvalue weighted by molar-refractivity contribution is 7.14. The summed E-state index contributed by atoms with van der Waals surface area (Å²) >= 11 is 1.28. The van der Waals surface area contributed by atoms with Gasteiger partial charge in [-0.25, -0.2) is 9.78 Å². The zero-order valence-electron chi connectivity index (χ0n) is 15.6. The van der Waals surface area contributed by atoms with Crippen molar-refractivity contribution in [1.82, 2.24) is 10.4 Å². The molecule has 1 amide bonds. The third kappa shape index (κ3) is 3.42. The molecule has 0 fully saturated rings. The third-order valence-corrected chi connectivity index (χ3v) is 5.47. The number of amides is 1. The SMILES string of the molecule is O=C(NNc1nc(-c2cc3ccccc3oc2=O)cs1)c1ccc2ccccc2c1. The first-order valence-corrected chi connectivity index (χ1v) is 10.1. The van der Waals surface area contributed by atoms with Gasteiger partial charge in [-0.2, -0.15) is 0 Å². The number of nitrogens with one attached hydrogen (secondary N) is 2. The van der Waals surface area contributed by atoms with E-state index in [0.717, 1.165) is 16.2 Å². The number of hydrazine groups is 1. The molecule has 2 heterocycles. The minimum absolute atomic E-state index is 0.275. The van der Waals surface area contributed by atoms with E-state index in [2.05, 4.69) is 15.8 Å². The van der Waals surface area contributed by atoms with Gasteiger partial charge < -0.3 is 4.42 Å². The summed E-state index contributed by atoms with van der Waals surface area (Å²) in [6.07, 6.45) is 0. The first kappa shape index (κ1) is 18.1. The molecule has 0 aliphatic heterocycles. The fraction of sp³-hybridized carbons (Fsp3) is 0. The number of thiazole rings is 1. The average Bonchev–Trinajstić information content (AvgIpc) is 3.25. The fourth-order valence-electron chi connectivity index (χ4n) is 3.21. The van der Waals surface area contributed by atoms with Crippen molar-refractivity contribution in [2.24, 2.45) is 0 Å². The van der Waals surface area contributed by atoms with E-state index in [9.17, 15) is 9.59 Å². The van der Waals surface area contributed by atoms with Gasteiger partial charge in [0.25, 0.3) is 5.91 Å². The zero-order valence-corrected chi connectivity index (χ0v) is 16.4. The minimum atomic E-state index is -0.453. The van der Waals surface area contributed by atoms with Gasteiger partial charge in [0.15, 0.2) is 0 Å². The van der Waals surface area contributed by atoms with Gasteiger partial charge in [-0.3, -0.25) is 15.6 Å². The molecule has 2 N–H and O–H groups in total. The lowest BCUT2D eigenvalue weighted by atomic mass is 10.1. The number of benzene rings is 3. The van der Waals surface area contributed by atoms with Crippen LogP contribution < -0.4 is 16.5 Å². The highest BCUT2D eigenvalue weighted by Gasteiger charge is 2.12. The summed E-state index contributed by atoms with van der Waals surface area (Å²) in [5.41, 5.74) is 6.93. The summed E-state index contributed by atoms with van der Waals surface area (Å²) < 4.78 is 5.37. The number of hydrogen-bond donors (Lipinski definition) is 2. The number of anilines is 1. The van der Waals surface area contributed by atoms with Crippen molar-refractivity contribution in [2.75, 3.05) is 5.43 Å². The Hall–Kier alpha value is -3.97. The van der Waals surface area contributed by atoms with Crippen LogP contribution in [0, 0.1) is 0 Å². The average molecular weight is 413 g/mol. The number of fused-ring (bicyclic) bond motifs is 2. The molecule has 146 valence electrons. The van der Waals surface area contributed by atoms with Gasteiger partial charge in [0.2, 0.25) is 5.13 Å². The van der Waals surface area contributed by atoms with Crippen LogP contribution in [0.3, 0.4) is 0 Å². The van der Waals surface area contributed by atoms with E-state index in [1.165, 1.54) is 11.3 Å². The van der Waals surface area contributed by atoms with E-state index in [1.54, 1.807) is 23.6 Å². The van der Waals surface area contributed by atoms with Gasteiger partial charge in [-0.15, -0.1) is 11.3 Å². The molecule has 2 aromatic heterocycles. The molecular weight excluding hydrogens is 398 g/mol. The molecule has 0 spiro atoms. The Morgan fingerprint density at radius 3 is 2.53 bits per heavy atom. The van der Waals surface area contributed by atoms with Crippen molar-refractivity contribution in [3.63, 3.8) is 0 Å². The Morgan fingerprint density at radius 2 is 1.67 bits per heavy atom. The van der Waals surface area contributed by atoms with Crippen LogP contribution in [0.2, 0.25) is 0 Å². The van der Waals surface area contributed by atoms with Gasteiger partial charge in [-0.05, 0) is 35.0 Å². The van der Waals surface area contributed by atoms with Crippen molar-refractivity contribution >= 4 is 44.1 Å². The number of carbonyl (C=O) groups is 1. The molecule has 0 saturated carbocycles. The number of carbonyl (C=O) groups excluding carboxylic acids is 1. The van der Waals surface area contributed by atoms with Crippen LogP contribution in [0.1, 0.15) is 10.4 Å². The lowest BCUT2D eigenvalue weighted by Gasteiger charge is -2.06. The van der Waals surface area contributed by atoms with Crippen LogP contribution >= 0.6 is 11.3 Å². The van der Waals surface area contributed by atoms with Gasteiger partial charge >= 0.3 is 5.63 Å². The molecule has 0 aliphatic carbocycles. The number of hydrogen-bond acceptors (Lipinski definition) is 6. The molecule has 7 heteroatoms. The van der Waals surface area contributed by atoms with Crippen molar-refractivity contribution in [3.05, 3.63) is 94.2 Å². The minimum Gasteiger partial charge on any atom is -0.422 e. The summed E-state index contributed by atoms with van der Waals surface area (Å²) in [6.45, 7) is 0. The van der Waals surface area contributed by atoms with Crippen LogP contribution in [0.4, 0.5) is 5.13 Å². The second-order valence-corrected chi connectivity index (χ2v) is 7.52. The predicted octanol–water partition coefficient (Wildman–Crippen LogP) is 4.83. The summed E-state index contributed by atoms with van der Waals surface area (Å²) in [4.78, 5) is 29.2. The van der Waals surface area contributed by atoms with Crippen molar-refractivity contribution < 1.29 is 9.21 Å². The third-order valence-electron chi connectivity index (χ3n) is 4.72. The maximum Gasteiger partial charge on any atom is 0.345 e. The Balaban J connectivity index is 1.34. The van der Waals surface area contributed by atoms with Crippen LogP contribution in [0.25, 0.3) is 33.0 Å². The monoisotopic (exact) mass is 413 g/mol. The molecule has 30 heavy (non-hydrogen) atoms. The molecule has 6 nitrogen and oxygen atoms in total. The number of nitrogens with zero attached hydrogens (tertiary/aromatic N) is 1. The first-order valence-electron chi connectivity index (χ1n) is 9.21. The van der Waals surface area contributed by atoms with Crippen LogP contribution in [-0.4, -0.2) is 10.9 Å². The summed E-state index contributed by atoms with van der Waals surface area (Å²) in [6, 6.07) is 22.4. The maximum absolute atomic E-state index is 12.5. The highest BCUT2D eigenvalue weighted by Crippen LogP contribution is 2.25. The predicted molar refractivity (Wildman–Crippen MR) is 119 cm³/mol. The molecule has 0 atom stereocenters. The zero-order chi connectivity index (χ0) is 20.5. The molecular formula is C23H15N3O3S. The second-order valence-electron chi connectivity index (χ2n) is 6.66. The lowest BCUT2D eigenvalue weighted by Crippen LogP contribution is -2.29. The highest BCUT2D eigenvalue weighted by atomic mass is 32.1. The number of para-hydroxylation sites is 1. The van der Waals surface area contributed by atoms with Crippen molar-refractivity contribution in [2.45, 2.75) is 0 Å².